The molecule has 2 bridgehead atoms. The lowest BCUT2D eigenvalue weighted by Crippen LogP contribution is -2.37. The van der Waals surface area contributed by atoms with E-state index in [1.54, 1.807) is 6.07 Å². The van der Waals surface area contributed by atoms with E-state index in [2.05, 4.69) is 5.32 Å². The molecule has 0 aromatic heterocycles. The summed E-state index contributed by atoms with van der Waals surface area (Å²) >= 11 is 0. The molecule has 5 nitrogen and oxygen atoms in total. The molecule has 0 saturated carbocycles. The number of nitrogens with zero attached hydrogens (tertiary/aromatic N) is 1. The predicted octanol–water partition coefficient (Wildman–Crippen LogP) is 2.14. The second-order valence-electron chi connectivity index (χ2n) is 5.10. The van der Waals surface area contributed by atoms with E-state index >= 15 is 0 Å². The molecule has 102 valence electrons. The quantitative estimate of drug-likeness (QED) is 0.670. The van der Waals surface area contributed by atoms with Gasteiger partial charge in [-0.3, -0.25) is 10.1 Å². The second-order valence-corrected chi connectivity index (χ2v) is 5.10. The van der Waals surface area contributed by atoms with Gasteiger partial charge < -0.3 is 10.1 Å². The van der Waals surface area contributed by atoms with Gasteiger partial charge in [-0.25, -0.2) is 0 Å². The van der Waals surface area contributed by atoms with Gasteiger partial charge in [-0.2, -0.15) is 4.39 Å². The first-order valence-electron chi connectivity index (χ1n) is 6.46. The lowest BCUT2D eigenvalue weighted by molar-refractivity contribution is -0.387. The maximum Gasteiger partial charge on any atom is 0.305 e. The number of hydrogen-bond donors (Lipinski definition) is 1. The summed E-state index contributed by atoms with van der Waals surface area (Å²) in [6.45, 7) is 0.296. The van der Waals surface area contributed by atoms with Crippen molar-refractivity contribution in [2.45, 2.75) is 44.1 Å². The van der Waals surface area contributed by atoms with Gasteiger partial charge >= 0.3 is 5.69 Å². The van der Waals surface area contributed by atoms with E-state index in [0.29, 0.717) is 18.2 Å². The Labute approximate surface area is 109 Å². The van der Waals surface area contributed by atoms with Gasteiger partial charge in [0.05, 0.1) is 17.1 Å². The number of nitrogens with one attached hydrogen (secondary N) is 1. The van der Waals surface area contributed by atoms with E-state index in [-0.39, 0.29) is 12.1 Å². The molecule has 6 heteroatoms. The fourth-order valence-electron chi connectivity index (χ4n) is 2.94. The average molecular weight is 266 g/mol. The molecule has 2 aliphatic heterocycles. The first-order chi connectivity index (χ1) is 9.15. The van der Waals surface area contributed by atoms with Crippen molar-refractivity contribution < 1.29 is 14.1 Å². The van der Waals surface area contributed by atoms with Crippen LogP contribution in [0, 0.1) is 15.9 Å². The Balaban J connectivity index is 1.67. The van der Waals surface area contributed by atoms with Gasteiger partial charge in [0.1, 0.15) is 0 Å². The van der Waals surface area contributed by atoms with Gasteiger partial charge in [0.25, 0.3) is 0 Å². The van der Waals surface area contributed by atoms with Crippen LogP contribution in [0.5, 0.6) is 0 Å². The fraction of sp³-hybridized carbons (Fsp3) is 0.538. The predicted molar refractivity (Wildman–Crippen MR) is 66.2 cm³/mol. The Morgan fingerprint density at radius 2 is 2.32 bits per heavy atom. The summed E-state index contributed by atoms with van der Waals surface area (Å²) in [5, 5.41) is 13.9. The first kappa shape index (κ1) is 12.5. The molecule has 1 aromatic rings. The van der Waals surface area contributed by atoms with Crippen molar-refractivity contribution in [3.8, 4) is 0 Å². The molecule has 0 aliphatic carbocycles. The van der Waals surface area contributed by atoms with Crippen LogP contribution in [0.15, 0.2) is 18.2 Å². The zero-order chi connectivity index (χ0) is 13.4. The van der Waals surface area contributed by atoms with Crippen molar-refractivity contribution in [1.82, 2.24) is 5.32 Å². The highest BCUT2D eigenvalue weighted by molar-refractivity contribution is 5.36. The molecule has 2 saturated heterocycles. The van der Waals surface area contributed by atoms with Crippen molar-refractivity contribution in [2.24, 2.45) is 0 Å². The number of nitro benzene ring substituents is 1. The minimum Gasteiger partial charge on any atom is -0.373 e. The van der Waals surface area contributed by atoms with Crippen LogP contribution in [0.3, 0.4) is 0 Å². The highest BCUT2D eigenvalue weighted by Gasteiger charge is 2.40. The third-order valence-electron chi connectivity index (χ3n) is 3.92. The minimum atomic E-state index is -0.746. The summed E-state index contributed by atoms with van der Waals surface area (Å²) in [5.74, 6) is -0.746. The lowest BCUT2D eigenvalue weighted by Gasteiger charge is -2.20. The number of hydrogen-bond acceptors (Lipinski definition) is 4. The molecular weight excluding hydrogens is 251 g/mol. The van der Waals surface area contributed by atoms with Crippen LogP contribution in [0.4, 0.5) is 10.1 Å². The Hall–Kier alpha value is -1.53. The third kappa shape index (κ3) is 2.33. The normalized spacial score (nSPS) is 28.8. The SMILES string of the molecule is O=[N+]([O-])c1cccc(CNC2CC3CCC2O3)c1F. The average Bonchev–Trinajstić information content (AvgIpc) is 2.99. The van der Waals surface area contributed by atoms with Gasteiger partial charge in [-0.15, -0.1) is 0 Å². The zero-order valence-electron chi connectivity index (χ0n) is 10.3. The van der Waals surface area contributed by atoms with E-state index in [1.165, 1.54) is 12.1 Å². The molecule has 3 rings (SSSR count). The van der Waals surface area contributed by atoms with E-state index in [0.717, 1.165) is 19.3 Å². The maximum absolute atomic E-state index is 13.9. The van der Waals surface area contributed by atoms with Crippen molar-refractivity contribution in [3.05, 3.63) is 39.7 Å². The number of fused-ring (bicyclic) bond motifs is 2. The Bertz CT molecular complexity index is 509. The largest absolute Gasteiger partial charge is 0.373 e. The van der Waals surface area contributed by atoms with E-state index in [9.17, 15) is 14.5 Å². The molecular formula is C13H15FN2O3. The van der Waals surface area contributed by atoms with E-state index < -0.39 is 16.4 Å². The summed E-state index contributed by atoms with van der Waals surface area (Å²) in [7, 11) is 0. The van der Waals surface area contributed by atoms with Crippen LogP contribution in [-0.4, -0.2) is 23.2 Å². The smallest absolute Gasteiger partial charge is 0.305 e. The molecule has 19 heavy (non-hydrogen) atoms. The lowest BCUT2D eigenvalue weighted by atomic mass is 9.95. The van der Waals surface area contributed by atoms with Crippen molar-refractivity contribution >= 4 is 5.69 Å². The summed E-state index contributed by atoms with van der Waals surface area (Å²) < 4.78 is 19.6. The molecule has 0 radical (unpaired) electrons. The van der Waals surface area contributed by atoms with Crippen LogP contribution in [0.2, 0.25) is 0 Å². The molecule has 2 heterocycles. The van der Waals surface area contributed by atoms with Crippen LogP contribution in [-0.2, 0) is 11.3 Å². The van der Waals surface area contributed by atoms with Gasteiger partial charge in [-0.05, 0) is 19.3 Å². The van der Waals surface area contributed by atoms with Gasteiger partial charge in [0.15, 0.2) is 0 Å². The summed E-state index contributed by atoms with van der Waals surface area (Å²) in [5.41, 5.74) is -0.138. The number of halogens is 1. The maximum atomic E-state index is 13.9. The van der Waals surface area contributed by atoms with Crippen molar-refractivity contribution in [2.75, 3.05) is 0 Å². The van der Waals surface area contributed by atoms with E-state index in [4.69, 9.17) is 4.74 Å². The van der Waals surface area contributed by atoms with Crippen LogP contribution >= 0.6 is 0 Å². The molecule has 0 spiro atoms. The highest BCUT2D eigenvalue weighted by Crippen LogP contribution is 2.34. The Kier molecular flexibility index (Phi) is 3.20. The second kappa shape index (κ2) is 4.86. The minimum absolute atomic E-state index is 0.215. The molecule has 2 aliphatic rings. The van der Waals surface area contributed by atoms with E-state index in [1.807, 2.05) is 0 Å². The standard InChI is InChI=1S/C13H15FN2O3/c14-13-8(2-1-3-11(13)16(17)18)7-15-10-6-9-4-5-12(10)19-9/h1-3,9-10,12,15H,4-7H2. The molecule has 1 N–H and O–H groups in total. The van der Waals surface area contributed by atoms with Crippen LogP contribution in [0.25, 0.3) is 0 Å². The van der Waals surface area contributed by atoms with Gasteiger partial charge in [0.2, 0.25) is 5.82 Å². The van der Waals surface area contributed by atoms with Crippen LogP contribution < -0.4 is 5.32 Å². The number of nitro groups is 1. The topological polar surface area (TPSA) is 64.4 Å². The Morgan fingerprint density at radius 3 is 2.95 bits per heavy atom. The summed E-state index contributed by atoms with van der Waals surface area (Å²) in [6, 6.07) is 4.50. The molecule has 3 atom stereocenters. The zero-order valence-corrected chi connectivity index (χ0v) is 10.3. The monoisotopic (exact) mass is 266 g/mol. The molecule has 2 fully saturated rings. The molecule has 0 amide bonds. The first-order valence-corrected chi connectivity index (χ1v) is 6.46. The molecule has 3 unspecified atom stereocenters. The Morgan fingerprint density at radius 1 is 1.47 bits per heavy atom. The van der Waals surface area contributed by atoms with Crippen LogP contribution in [0.1, 0.15) is 24.8 Å². The fourth-order valence-corrected chi connectivity index (χ4v) is 2.94. The number of ether oxygens (including phenoxy) is 1. The summed E-state index contributed by atoms with van der Waals surface area (Å²) in [6.07, 6.45) is 3.64. The van der Waals surface area contributed by atoms with Crippen molar-refractivity contribution in [1.29, 1.82) is 0 Å². The molecule has 1 aromatic carbocycles. The number of benzene rings is 1. The highest BCUT2D eigenvalue weighted by atomic mass is 19.1. The van der Waals surface area contributed by atoms with Crippen molar-refractivity contribution in [3.63, 3.8) is 0 Å². The van der Waals surface area contributed by atoms with Gasteiger partial charge in [0, 0.05) is 24.2 Å². The number of rotatable bonds is 4. The van der Waals surface area contributed by atoms with Gasteiger partial charge in [-0.1, -0.05) is 12.1 Å². The third-order valence-corrected chi connectivity index (χ3v) is 3.92. The summed E-state index contributed by atoms with van der Waals surface area (Å²) in [4.78, 5) is 9.97.